The van der Waals surface area contributed by atoms with E-state index in [0.29, 0.717) is 32.7 Å². The summed E-state index contributed by atoms with van der Waals surface area (Å²) in [6.07, 6.45) is -7.88. The van der Waals surface area contributed by atoms with Gasteiger partial charge in [0.1, 0.15) is 49.3 Å². The number of carbonyl (C=O) groups excluding carboxylic acids is 2. The number of hydrogen-bond donors (Lipinski definition) is 2. The Hall–Kier alpha value is -6.55. The van der Waals surface area contributed by atoms with Gasteiger partial charge in [0.15, 0.2) is 0 Å². The van der Waals surface area contributed by atoms with E-state index in [1.807, 2.05) is 18.4 Å². The first-order chi connectivity index (χ1) is 33.6. The monoisotopic (exact) mass is 1060 g/mol. The van der Waals surface area contributed by atoms with Gasteiger partial charge in [-0.1, -0.05) is 7.43 Å². The molecule has 0 unspecified atom stereocenters. The van der Waals surface area contributed by atoms with E-state index in [2.05, 4.69) is 35.2 Å². The van der Waals surface area contributed by atoms with Crippen LogP contribution in [0.2, 0.25) is 0 Å². The number of fused-ring (bicyclic) bond motifs is 6. The second kappa shape index (κ2) is 22.3. The molecule has 4 aliphatic heterocycles. The van der Waals surface area contributed by atoms with E-state index in [9.17, 15) is 49.1 Å². The second-order valence-corrected chi connectivity index (χ2v) is 18.3. The number of hydrogen-bond acceptors (Lipinski definition) is 14. The number of cyclic esters (lactones) is 2. The molecule has 0 saturated carbocycles. The maximum Gasteiger partial charge on any atom is 0.416 e. The zero-order valence-corrected chi connectivity index (χ0v) is 39.8. The van der Waals surface area contributed by atoms with Crippen molar-refractivity contribution in [3.8, 4) is 11.4 Å². The topological polar surface area (TPSA) is 184 Å². The van der Waals surface area contributed by atoms with Crippen LogP contribution in [0.1, 0.15) is 81.1 Å². The van der Waals surface area contributed by atoms with Gasteiger partial charge in [0, 0.05) is 48.1 Å². The Bertz CT molecular complexity index is 2940. The number of benzene rings is 2. The average molecular weight is 1060 g/mol. The summed E-state index contributed by atoms with van der Waals surface area (Å²) in [5.41, 5.74) is 9.17. The maximum atomic E-state index is 14.0. The molecule has 28 heteroatoms. The van der Waals surface area contributed by atoms with Crippen molar-refractivity contribution >= 4 is 61.7 Å². The van der Waals surface area contributed by atoms with Crippen LogP contribution in [0.25, 0.3) is 11.4 Å². The second-order valence-electron chi connectivity index (χ2n) is 16.3. The number of ether oxygens (including phenoxy) is 2. The Morgan fingerprint density at radius 3 is 1.59 bits per heavy atom. The van der Waals surface area contributed by atoms with Gasteiger partial charge >= 0.3 is 30.6 Å². The largest absolute Gasteiger partial charge is 0.447 e. The van der Waals surface area contributed by atoms with Crippen molar-refractivity contribution in [2.75, 3.05) is 28.3 Å². The summed E-state index contributed by atoms with van der Waals surface area (Å²) in [5.74, 6) is 1.44. The number of nitrogens with two attached hydrogens (primary N) is 1. The molecule has 4 aromatic heterocycles. The Balaban J connectivity index is 0.000000194. The van der Waals surface area contributed by atoms with Crippen LogP contribution in [-0.4, -0.2) is 97.3 Å². The van der Waals surface area contributed by atoms with Gasteiger partial charge in [-0.2, -0.15) is 40.7 Å². The van der Waals surface area contributed by atoms with Gasteiger partial charge in [0.05, 0.1) is 64.0 Å². The number of aromatic nitrogens is 8. The molecule has 10 rings (SSSR count). The van der Waals surface area contributed by atoms with E-state index < -0.39 is 66.2 Å². The van der Waals surface area contributed by atoms with Gasteiger partial charge in [-0.05, 0) is 76.2 Å². The minimum Gasteiger partial charge on any atom is -0.447 e. The molecule has 4 aliphatic rings. The standard InChI is InChI=1S/C22H20F4N6O2S.C13H12F3N3S.C9H9F2N3O2.CH4.B/c1-11(23)15-8-34-21(33)32(15)18-5-6-27-20(30-18)29-12(2)19-16-9-35-17-7-13(22(24,25)26)3-4-14(17)31(16)10-28-19;1-7(17)12-10-5-20-11-4-8(13(14,15)16)2-3-9(11)19(10)6-18-12;1-5(10)6-4-16-9(15)14(6)7-2-3-12-8(11)13-7;;/h3-7,10-12,15H,8-9H2,1-2H3,(H,27,29,30);2-4,6-7H,5,17H2,1H3;2-3,5-6H,4H2,1H3;1H4;/t11-,12-,15+;7-;5-,6+;;/m000../s1. The summed E-state index contributed by atoms with van der Waals surface area (Å²) in [6.45, 7) is 6.21. The first-order valence-corrected chi connectivity index (χ1v) is 23.4. The molecule has 0 aliphatic carbocycles. The molecule has 2 fully saturated rings. The molecule has 2 amide bonds. The highest BCUT2D eigenvalue weighted by molar-refractivity contribution is 7.99. The lowest BCUT2D eigenvalue weighted by molar-refractivity contribution is -0.138. The van der Waals surface area contributed by atoms with Gasteiger partial charge in [0.2, 0.25) is 5.95 Å². The van der Waals surface area contributed by atoms with Crippen molar-refractivity contribution in [1.29, 1.82) is 0 Å². The molecular formula is C45H45BF9N12O4S2. The zero-order valence-electron chi connectivity index (χ0n) is 38.2. The third-order valence-corrected chi connectivity index (χ3v) is 13.5. The van der Waals surface area contributed by atoms with E-state index in [0.717, 1.165) is 52.1 Å². The summed E-state index contributed by atoms with van der Waals surface area (Å²) in [4.78, 5) is 50.8. The van der Waals surface area contributed by atoms with Crippen molar-refractivity contribution in [2.24, 2.45) is 5.73 Å². The van der Waals surface area contributed by atoms with Crippen LogP contribution in [0, 0.1) is 6.08 Å². The number of nitrogens with zero attached hydrogens (tertiary/aromatic N) is 10. The van der Waals surface area contributed by atoms with Crippen molar-refractivity contribution in [1.82, 2.24) is 39.0 Å². The smallest absolute Gasteiger partial charge is 0.416 e. The molecule has 6 aromatic rings. The molecule has 3 N–H and O–H groups in total. The summed E-state index contributed by atoms with van der Waals surface area (Å²) < 4.78 is 131. The van der Waals surface area contributed by atoms with Crippen LogP contribution in [0.4, 0.5) is 66.7 Å². The Morgan fingerprint density at radius 1 is 0.685 bits per heavy atom. The van der Waals surface area contributed by atoms with E-state index >= 15 is 0 Å². The van der Waals surface area contributed by atoms with Crippen molar-refractivity contribution < 1.29 is 58.6 Å². The molecule has 73 heavy (non-hydrogen) atoms. The lowest BCUT2D eigenvalue weighted by atomic mass is 10.1. The molecule has 2 saturated heterocycles. The molecular weight excluding hydrogens is 1020 g/mol. The minimum atomic E-state index is -4.41. The predicted molar refractivity (Wildman–Crippen MR) is 254 cm³/mol. The van der Waals surface area contributed by atoms with Crippen LogP contribution in [-0.2, 0) is 33.3 Å². The SMILES string of the molecule is C.C[C@H](F)[C@H]1COC(=O)N1c1ccnc(F)n1.C[C@H](N)c1ncn2c1CSc1cc(C(F)(F)F)ccc1-2.C[C@H](Nc1nccc(N2C(=O)OC[C@@H]2[C@H](C)F)n1)c1ncn2c1CSc1cc(C(F)(F)F)ccc1-2.[B]. The molecule has 6 atom stereocenters. The number of alkyl halides is 8. The summed E-state index contributed by atoms with van der Waals surface area (Å²) in [5, 5.41) is 3.14. The molecule has 0 spiro atoms. The van der Waals surface area contributed by atoms with Gasteiger partial charge in [-0.15, -0.1) is 23.5 Å². The number of amides is 2. The molecule has 16 nitrogen and oxygen atoms in total. The number of anilines is 3. The molecule has 8 heterocycles. The minimum absolute atomic E-state index is 0. The van der Waals surface area contributed by atoms with Crippen LogP contribution < -0.4 is 20.9 Å². The first-order valence-electron chi connectivity index (χ1n) is 21.5. The van der Waals surface area contributed by atoms with E-state index in [1.165, 1.54) is 78.8 Å². The lowest BCUT2D eigenvalue weighted by Crippen LogP contribution is -2.39. The lowest BCUT2D eigenvalue weighted by Gasteiger charge is -2.23. The van der Waals surface area contributed by atoms with Gasteiger partial charge < -0.3 is 29.7 Å². The fourth-order valence-corrected chi connectivity index (χ4v) is 10.1. The summed E-state index contributed by atoms with van der Waals surface area (Å²) in [7, 11) is 0. The number of carbonyl (C=O) groups is 2. The number of nitrogens with one attached hydrogen (secondary N) is 1. The summed E-state index contributed by atoms with van der Waals surface area (Å²) in [6, 6.07) is 8.14. The van der Waals surface area contributed by atoms with Crippen LogP contribution in [0.3, 0.4) is 0 Å². The van der Waals surface area contributed by atoms with E-state index in [4.69, 9.17) is 15.2 Å². The van der Waals surface area contributed by atoms with Crippen molar-refractivity contribution in [2.45, 2.75) is 105 Å². The van der Waals surface area contributed by atoms with Gasteiger partial charge in [-0.3, -0.25) is 9.80 Å². The fraction of sp³-hybridized carbons (Fsp3) is 0.378. The van der Waals surface area contributed by atoms with Gasteiger partial charge in [0.25, 0.3) is 0 Å². The third-order valence-electron chi connectivity index (χ3n) is 11.4. The average Bonchev–Trinajstić information content (AvgIpc) is 4.13. The van der Waals surface area contributed by atoms with Gasteiger partial charge in [-0.25, -0.2) is 38.3 Å². The Kier molecular flexibility index (Phi) is 17.0. The highest BCUT2D eigenvalue weighted by atomic mass is 32.2. The van der Waals surface area contributed by atoms with Crippen molar-refractivity contribution in [3.63, 3.8) is 0 Å². The predicted octanol–water partition coefficient (Wildman–Crippen LogP) is 10.2. The maximum absolute atomic E-state index is 14.0. The highest BCUT2D eigenvalue weighted by Crippen LogP contribution is 2.43. The number of thioether (sulfide) groups is 2. The summed E-state index contributed by atoms with van der Waals surface area (Å²) >= 11 is 2.69. The van der Waals surface area contributed by atoms with E-state index in [-0.39, 0.29) is 58.7 Å². The molecule has 0 bridgehead atoms. The fourth-order valence-electron chi connectivity index (χ4n) is 7.87. The Labute approximate surface area is 422 Å². The first kappa shape index (κ1) is 55.8. The number of rotatable bonds is 8. The highest BCUT2D eigenvalue weighted by Gasteiger charge is 2.41. The molecule has 2 aromatic carbocycles. The normalized spacial score (nSPS) is 18.3. The third kappa shape index (κ3) is 11.8. The number of imidazole rings is 2. The van der Waals surface area contributed by atoms with E-state index in [1.54, 1.807) is 17.2 Å². The number of halogens is 9. The van der Waals surface area contributed by atoms with Crippen LogP contribution in [0.5, 0.6) is 0 Å². The Morgan fingerprint density at radius 2 is 1.14 bits per heavy atom. The molecule has 3 radical (unpaired) electrons. The zero-order chi connectivity index (χ0) is 51.1. The van der Waals surface area contributed by atoms with Crippen LogP contribution in [0.15, 0.2) is 83.4 Å². The molecule has 387 valence electrons. The van der Waals surface area contributed by atoms with Crippen LogP contribution >= 0.6 is 23.5 Å². The van der Waals surface area contributed by atoms with Crippen molar-refractivity contribution in [3.05, 3.63) is 114 Å². The quantitative estimate of drug-likeness (QED) is 0.0834.